The molecule has 0 aliphatic carbocycles. The lowest BCUT2D eigenvalue weighted by Gasteiger charge is -2.37. The second kappa shape index (κ2) is 9.17. The van der Waals surface area contributed by atoms with Crippen molar-refractivity contribution in [2.45, 2.75) is 26.8 Å². The maximum atomic E-state index is 5.54. The minimum atomic E-state index is 0.191. The number of morpholine rings is 1. The average molecular weight is 381 g/mol. The Kier molecular flexibility index (Phi) is 6.92. The summed E-state index contributed by atoms with van der Waals surface area (Å²) in [5.74, 6) is 0.896. The minimum absolute atomic E-state index is 0.191. The Bertz CT molecular complexity index is 594. The van der Waals surface area contributed by atoms with Crippen molar-refractivity contribution in [3.05, 3.63) is 21.9 Å². The second-order valence-corrected chi connectivity index (χ2v) is 8.81. The Balaban J connectivity index is 1.65. The Morgan fingerprint density at radius 1 is 1.27 bits per heavy atom. The van der Waals surface area contributed by atoms with E-state index < -0.39 is 0 Å². The summed E-state index contributed by atoms with van der Waals surface area (Å²) in [7, 11) is 0. The van der Waals surface area contributed by atoms with Gasteiger partial charge in [-0.2, -0.15) is 0 Å². The standard InChI is InChI=1S/C19H32N4O2S/c1-4-20-18(22-12-19(3)13-25-14-19)21-11-16(17-6-5-15(2)26-17)23-7-9-24-10-8-23/h5-6,16H,4,7-14H2,1-3H3,(H2,20,21,22). The van der Waals surface area contributed by atoms with Crippen LogP contribution in [0.2, 0.25) is 0 Å². The number of ether oxygens (including phenoxy) is 2. The smallest absolute Gasteiger partial charge is 0.191 e. The number of hydrogen-bond acceptors (Lipinski definition) is 5. The van der Waals surface area contributed by atoms with Crippen LogP contribution in [0.25, 0.3) is 0 Å². The SMILES string of the molecule is CCNC(=NCC1(C)COC1)NCC(c1ccc(C)s1)N1CCOCC1. The summed E-state index contributed by atoms with van der Waals surface area (Å²) in [6.07, 6.45) is 0. The molecule has 2 N–H and O–H groups in total. The van der Waals surface area contributed by atoms with E-state index in [1.54, 1.807) is 0 Å². The van der Waals surface area contributed by atoms with Gasteiger partial charge in [-0.15, -0.1) is 11.3 Å². The number of aryl methyl sites for hydroxylation is 1. The predicted octanol–water partition coefficient (Wildman–Crippen LogP) is 2.02. The highest BCUT2D eigenvalue weighted by atomic mass is 32.1. The molecular formula is C19H32N4O2S. The molecule has 0 bridgehead atoms. The fourth-order valence-electron chi connectivity index (χ4n) is 3.28. The van der Waals surface area contributed by atoms with Crippen LogP contribution in [0.5, 0.6) is 0 Å². The van der Waals surface area contributed by atoms with Gasteiger partial charge in [-0.1, -0.05) is 6.92 Å². The van der Waals surface area contributed by atoms with E-state index in [9.17, 15) is 0 Å². The van der Waals surface area contributed by atoms with Gasteiger partial charge in [0.2, 0.25) is 0 Å². The zero-order chi connectivity index (χ0) is 18.4. The highest BCUT2D eigenvalue weighted by molar-refractivity contribution is 7.12. The Morgan fingerprint density at radius 2 is 2.04 bits per heavy atom. The van der Waals surface area contributed by atoms with Crippen LogP contribution < -0.4 is 10.6 Å². The number of thiophene rings is 1. The highest BCUT2D eigenvalue weighted by Gasteiger charge is 2.33. The van der Waals surface area contributed by atoms with E-state index in [1.165, 1.54) is 9.75 Å². The first-order chi connectivity index (χ1) is 12.6. The van der Waals surface area contributed by atoms with E-state index in [4.69, 9.17) is 14.5 Å². The molecule has 0 radical (unpaired) electrons. The van der Waals surface area contributed by atoms with Crippen LogP contribution in [0.4, 0.5) is 0 Å². The first kappa shape index (κ1) is 19.6. The van der Waals surface area contributed by atoms with Crippen LogP contribution in [0.15, 0.2) is 17.1 Å². The number of guanidine groups is 1. The zero-order valence-electron chi connectivity index (χ0n) is 16.2. The topological polar surface area (TPSA) is 58.1 Å². The molecule has 1 aromatic heterocycles. The lowest BCUT2D eigenvalue weighted by atomic mass is 9.89. The monoisotopic (exact) mass is 380 g/mol. The molecule has 7 heteroatoms. The average Bonchev–Trinajstić information content (AvgIpc) is 3.05. The van der Waals surface area contributed by atoms with Crippen LogP contribution in [0, 0.1) is 12.3 Å². The lowest BCUT2D eigenvalue weighted by Crippen LogP contribution is -2.47. The van der Waals surface area contributed by atoms with E-state index in [-0.39, 0.29) is 5.41 Å². The predicted molar refractivity (Wildman–Crippen MR) is 107 cm³/mol. The van der Waals surface area contributed by atoms with Gasteiger partial charge in [0.25, 0.3) is 0 Å². The Hall–Kier alpha value is -1.15. The van der Waals surface area contributed by atoms with Crippen LogP contribution in [-0.4, -0.2) is 70.0 Å². The number of nitrogens with one attached hydrogen (secondary N) is 2. The van der Waals surface area contributed by atoms with Gasteiger partial charge in [-0.3, -0.25) is 9.89 Å². The van der Waals surface area contributed by atoms with Crippen molar-refractivity contribution in [2.75, 3.05) is 59.2 Å². The Morgan fingerprint density at radius 3 is 2.62 bits per heavy atom. The molecule has 3 heterocycles. The van der Waals surface area contributed by atoms with E-state index in [0.717, 1.165) is 65.1 Å². The van der Waals surface area contributed by atoms with E-state index in [1.807, 2.05) is 11.3 Å². The van der Waals surface area contributed by atoms with E-state index in [0.29, 0.717) is 6.04 Å². The first-order valence-corrected chi connectivity index (χ1v) is 10.4. The summed E-state index contributed by atoms with van der Waals surface area (Å²) < 4.78 is 10.9. The Labute approximate surface area is 161 Å². The molecule has 2 saturated heterocycles. The summed E-state index contributed by atoms with van der Waals surface area (Å²) in [6.45, 7) is 14.2. The van der Waals surface area contributed by atoms with E-state index in [2.05, 4.69) is 48.4 Å². The third kappa shape index (κ3) is 5.19. The summed E-state index contributed by atoms with van der Waals surface area (Å²) >= 11 is 1.89. The van der Waals surface area contributed by atoms with Crippen molar-refractivity contribution in [2.24, 2.45) is 10.4 Å². The van der Waals surface area contributed by atoms with Crippen LogP contribution in [0.3, 0.4) is 0 Å². The number of aliphatic imine (C=N–C) groups is 1. The molecule has 3 rings (SSSR count). The van der Waals surface area contributed by atoms with Crippen molar-refractivity contribution in [3.8, 4) is 0 Å². The minimum Gasteiger partial charge on any atom is -0.380 e. The maximum Gasteiger partial charge on any atom is 0.191 e. The van der Waals surface area contributed by atoms with Gasteiger partial charge in [0.15, 0.2) is 5.96 Å². The summed E-state index contributed by atoms with van der Waals surface area (Å²) in [6, 6.07) is 4.83. The van der Waals surface area contributed by atoms with Gasteiger partial charge < -0.3 is 20.1 Å². The largest absolute Gasteiger partial charge is 0.380 e. The van der Waals surface area contributed by atoms with Crippen molar-refractivity contribution in [1.82, 2.24) is 15.5 Å². The molecule has 1 unspecified atom stereocenters. The molecule has 1 atom stereocenters. The number of rotatable bonds is 7. The van der Waals surface area contributed by atoms with Gasteiger partial charge in [0.1, 0.15) is 0 Å². The highest BCUT2D eigenvalue weighted by Crippen LogP contribution is 2.28. The van der Waals surface area contributed by atoms with Crippen molar-refractivity contribution >= 4 is 17.3 Å². The van der Waals surface area contributed by atoms with Gasteiger partial charge in [-0.05, 0) is 26.0 Å². The summed E-state index contributed by atoms with van der Waals surface area (Å²) in [5, 5.41) is 6.95. The molecule has 0 amide bonds. The zero-order valence-corrected chi connectivity index (χ0v) is 17.0. The molecule has 6 nitrogen and oxygen atoms in total. The summed E-state index contributed by atoms with van der Waals surface area (Å²) in [4.78, 5) is 10.1. The lowest BCUT2D eigenvalue weighted by molar-refractivity contribution is -0.0945. The van der Waals surface area contributed by atoms with Crippen molar-refractivity contribution in [3.63, 3.8) is 0 Å². The van der Waals surface area contributed by atoms with Crippen molar-refractivity contribution < 1.29 is 9.47 Å². The van der Waals surface area contributed by atoms with Crippen LogP contribution in [0.1, 0.15) is 29.6 Å². The van der Waals surface area contributed by atoms with Gasteiger partial charge in [0, 0.05) is 41.3 Å². The molecule has 0 aromatic carbocycles. The van der Waals surface area contributed by atoms with Crippen molar-refractivity contribution in [1.29, 1.82) is 0 Å². The van der Waals surface area contributed by atoms with Gasteiger partial charge in [0.05, 0.1) is 39.0 Å². The van der Waals surface area contributed by atoms with Crippen LogP contribution in [-0.2, 0) is 9.47 Å². The fraction of sp³-hybridized carbons (Fsp3) is 0.737. The molecule has 2 aliphatic heterocycles. The molecule has 26 heavy (non-hydrogen) atoms. The van der Waals surface area contributed by atoms with Gasteiger partial charge in [-0.25, -0.2) is 0 Å². The molecule has 0 spiro atoms. The van der Waals surface area contributed by atoms with Gasteiger partial charge >= 0.3 is 0 Å². The maximum absolute atomic E-state index is 5.54. The molecular weight excluding hydrogens is 348 g/mol. The summed E-state index contributed by atoms with van der Waals surface area (Å²) in [5.41, 5.74) is 0.191. The normalized spacial score (nSPS) is 21.9. The van der Waals surface area contributed by atoms with E-state index >= 15 is 0 Å². The fourth-order valence-corrected chi connectivity index (χ4v) is 4.29. The second-order valence-electron chi connectivity index (χ2n) is 7.49. The molecule has 0 saturated carbocycles. The number of nitrogens with zero attached hydrogens (tertiary/aromatic N) is 2. The molecule has 1 aromatic rings. The molecule has 2 aliphatic rings. The molecule has 2 fully saturated rings. The third-order valence-corrected chi connectivity index (χ3v) is 6.00. The number of hydrogen-bond donors (Lipinski definition) is 2. The first-order valence-electron chi connectivity index (χ1n) is 9.58. The van der Waals surface area contributed by atoms with Crippen LogP contribution >= 0.6 is 11.3 Å². The molecule has 146 valence electrons. The quantitative estimate of drug-likeness (QED) is 0.560. The third-order valence-electron chi connectivity index (χ3n) is 4.90.